The first kappa shape index (κ1) is 21.7. The standard InChI is InChI=1S/C22H26N4O3S2/c1-14-7-9-26(10-8-14)11-15-12-31-22(23-15)25-20(27)17-13-30-21(24-17)16-5-4-6-18(28-2)19(16)29-3/h4-6,12-14H,7-11H2,1-3H3,(H,23,25,27). The third-order valence-corrected chi connectivity index (χ3v) is 7.09. The van der Waals surface area contributed by atoms with E-state index in [0.29, 0.717) is 27.3 Å². The van der Waals surface area contributed by atoms with Crippen LogP contribution in [0.2, 0.25) is 0 Å². The van der Waals surface area contributed by atoms with Gasteiger partial charge in [0.05, 0.1) is 25.5 Å². The lowest BCUT2D eigenvalue weighted by Gasteiger charge is -2.29. The average molecular weight is 459 g/mol. The minimum Gasteiger partial charge on any atom is -0.493 e. The van der Waals surface area contributed by atoms with Crippen molar-refractivity contribution in [3.63, 3.8) is 0 Å². The second-order valence-electron chi connectivity index (χ2n) is 7.64. The van der Waals surface area contributed by atoms with E-state index in [-0.39, 0.29) is 5.91 Å². The van der Waals surface area contributed by atoms with E-state index in [1.54, 1.807) is 19.6 Å². The Balaban J connectivity index is 1.42. The van der Waals surface area contributed by atoms with Crippen molar-refractivity contribution in [2.75, 3.05) is 32.6 Å². The Labute approximate surface area is 190 Å². The van der Waals surface area contributed by atoms with Gasteiger partial charge in [0.15, 0.2) is 16.6 Å². The van der Waals surface area contributed by atoms with E-state index in [9.17, 15) is 4.79 Å². The van der Waals surface area contributed by atoms with Crippen molar-refractivity contribution in [1.29, 1.82) is 0 Å². The van der Waals surface area contributed by atoms with E-state index in [1.165, 1.54) is 35.5 Å². The van der Waals surface area contributed by atoms with Crippen molar-refractivity contribution in [2.45, 2.75) is 26.3 Å². The molecule has 9 heteroatoms. The van der Waals surface area contributed by atoms with Crippen LogP contribution < -0.4 is 14.8 Å². The second kappa shape index (κ2) is 9.76. The van der Waals surface area contributed by atoms with Gasteiger partial charge in [0.25, 0.3) is 5.91 Å². The molecule has 0 saturated carbocycles. The SMILES string of the molecule is COc1cccc(-c2nc(C(=O)Nc3nc(CN4CCC(C)CC4)cs3)cs2)c1OC. The van der Waals surface area contributed by atoms with Gasteiger partial charge in [0.1, 0.15) is 10.7 Å². The summed E-state index contributed by atoms with van der Waals surface area (Å²) in [4.78, 5) is 24.2. The van der Waals surface area contributed by atoms with Crippen LogP contribution in [0.5, 0.6) is 11.5 Å². The van der Waals surface area contributed by atoms with E-state index < -0.39 is 0 Å². The number of piperidine rings is 1. The summed E-state index contributed by atoms with van der Waals surface area (Å²) in [6.45, 7) is 5.35. The van der Waals surface area contributed by atoms with Gasteiger partial charge in [-0.05, 0) is 44.0 Å². The molecule has 1 saturated heterocycles. The molecule has 0 spiro atoms. The molecule has 3 heterocycles. The van der Waals surface area contributed by atoms with Gasteiger partial charge in [-0.25, -0.2) is 9.97 Å². The van der Waals surface area contributed by atoms with E-state index in [0.717, 1.165) is 36.8 Å². The number of aromatic nitrogens is 2. The molecule has 1 fully saturated rings. The van der Waals surface area contributed by atoms with Crippen molar-refractivity contribution < 1.29 is 14.3 Å². The Morgan fingerprint density at radius 1 is 1.16 bits per heavy atom. The van der Waals surface area contributed by atoms with E-state index in [4.69, 9.17) is 9.47 Å². The lowest BCUT2D eigenvalue weighted by Crippen LogP contribution is -2.32. The maximum atomic E-state index is 12.7. The van der Waals surface area contributed by atoms with Crippen LogP contribution in [0.3, 0.4) is 0 Å². The third-order valence-electron chi connectivity index (χ3n) is 5.40. The zero-order chi connectivity index (χ0) is 21.8. The number of nitrogens with one attached hydrogen (secondary N) is 1. The van der Waals surface area contributed by atoms with Crippen LogP contribution in [0.1, 0.15) is 35.9 Å². The molecular formula is C22H26N4O3S2. The molecule has 4 rings (SSSR count). The van der Waals surface area contributed by atoms with Gasteiger partial charge < -0.3 is 9.47 Å². The van der Waals surface area contributed by atoms with Crippen LogP contribution >= 0.6 is 22.7 Å². The first-order chi connectivity index (χ1) is 15.1. The van der Waals surface area contributed by atoms with Crippen molar-refractivity contribution in [3.8, 4) is 22.1 Å². The summed E-state index contributed by atoms with van der Waals surface area (Å²) < 4.78 is 10.8. The van der Waals surface area contributed by atoms with Gasteiger partial charge in [0, 0.05) is 17.3 Å². The molecule has 7 nitrogen and oxygen atoms in total. The summed E-state index contributed by atoms with van der Waals surface area (Å²) in [5, 5.41) is 7.93. The topological polar surface area (TPSA) is 76.6 Å². The lowest BCUT2D eigenvalue weighted by molar-refractivity contribution is 0.102. The number of thiazole rings is 2. The molecule has 1 aliphatic heterocycles. The molecule has 0 unspecified atom stereocenters. The number of likely N-dealkylation sites (tertiary alicyclic amines) is 1. The highest BCUT2D eigenvalue weighted by molar-refractivity contribution is 7.14. The lowest BCUT2D eigenvalue weighted by atomic mass is 9.99. The number of hydrogen-bond donors (Lipinski definition) is 1. The number of para-hydroxylation sites is 1. The first-order valence-electron chi connectivity index (χ1n) is 10.2. The van der Waals surface area contributed by atoms with Crippen molar-refractivity contribution >= 4 is 33.7 Å². The van der Waals surface area contributed by atoms with Gasteiger partial charge >= 0.3 is 0 Å². The molecule has 0 atom stereocenters. The number of hydrogen-bond acceptors (Lipinski definition) is 8. The number of rotatable bonds is 7. The van der Waals surface area contributed by atoms with E-state index in [1.807, 2.05) is 23.6 Å². The predicted octanol–water partition coefficient (Wildman–Crippen LogP) is 4.77. The quantitative estimate of drug-likeness (QED) is 0.550. The molecular weight excluding hydrogens is 432 g/mol. The molecule has 1 N–H and O–H groups in total. The van der Waals surface area contributed by atoms with Crippen LogP contribution in [-0.4, -0.2) is 48.1 Å². The van der Waals surface area contributed by atoms with Crippen LogP contribution in [0.25, 0.3) is 10.6 Å². The Morgan fingerprint density at radius 3 is 2.71 bits per heavy atom. The molecule has 0 radical (unpaired) electrons. The molecule has 1 aromatic carbocycles. The van der Waals surface area contributed by atoms with Crippen LogP contribution in [0.4, 0.5) is 5.13 Å². The zero-order valence-corrected chi connectivity index (χ0v) is 19.5. The largest absolute Gasteiger partial charge is 0.493 e. The normalized spacial score (nSPS) is 15.1. The Kier molecular flexibility index (Phi) is 6.84. The number of ether oxygens (including phenoxy) is 2. The number of amides is 1. The summed E-state index contributed by atoms with van der Waals surface area (Å²) >= 11 is 2.83. The minimum absolute atomic E-state index is 0.267. The zero-order valence-electron chi connectivity index (χ0n) is 17.9. The highest BCUT2D eigenvalue weighted by Crippen LogP contribution is 2.39. The average Bonchev–Trinajstić information content (AvgIpc) is 3.44. The minimum atomic E-state index is -0.267. The van der Waals surface area contributed by atoms with Crippen LogP contribution in [0, 0.1) is 5.92 Å². The summed E-state index contributed by atoms with van der Waals surface area (Å²) in [6, 6.07) is 5.60. The van der Waals surface area contributed by atoms with Gasteiger partial charge in [-0.1, -0.05) is 13.0 Å². The van der Waals surface area contributed by atoms with Gasteiger partial charge in [-0.3, -0.25) is 15.0 Å². The Bertz CT molecular complexity index is 1040. The Morgan fingerprint density at radius 2 is 1.97 bits per heavy atom. The van der Waals surface area contributed by atoms with Crippen molar-refractivity contribution in [3.05, 3.63) is 40.3 Å². The molecule has 31 heavy (non-hydrogen) atoms. The maximum Gasteiger partial charge on any atom is 0.276 e. The predicted molar refractivity (Wildman–Crippen MR) is 124 cm³/mol. The fraction of sp³-hybridized carbons (Fsp3) is 0.409. The summed E-state index contributed by atoms with van der Waals surface area (Å²) in [7, 11) is 3.18. The fourth-order valence-electron chi connectivity index (χ4n) is 3.60. The fourth-order valence-corrected chi connectivity index (χ4v) is 5.12. The summed E-state index contributed by atoms with van der Waals surface area (Å²) in [5.41, 5.74) is 2.14. The molecule has 164 valence electrons. The first-order valence-corrected chi connectivity index (χ1v) is 12.0. The number of carbonyl (C=O) groups excluding carboxylic acids is 1. The smallest absolute Gasteiger partial charge is 0.276 e. The third kappa shape index (κ3) is 5.06. The van der Waals surface area contributed by atoms with E-state index >= 15 is 0 Å². The molecule has 0 aliphatic carbocycles. The number of benzene rings is 1. The van der Waals surface area contributed by atoms with Crippen molar-refractivity contribution in [2.24, 2.45) is 5.92 Å². The van der Waals surface area contributed by atoms with E-state index in [2.05, 4.69) is 27.1 Å². The van der Waals surface area contributed by atoms with Crippen LogP contribution in [0.15, 0.2) is 29.0 Å². The molecule has 1 aliphatic rings. The van der Waals surface area contributed by atoms with Crippen LogP contribution in [-0.2, 0) is 6.54 Å². The molecule has 3 aromatic rings. The van der Waals surface area contributed by atoms with Gasteiger partial charge in [0.2, 0.25) is 0 Å². The number of carbonyl (C=O) groups is 1. The molecule has 2 aromatic heterocycles. The maximum absolute atomic E-state index is 12.7. The highest BCUT2D eigenvalue weighted by atomic mass is 32.1. The summed E-state index contributed by atoms with van der Waals surface area (Å²) in [5.74, 6) is 1.76. The number of methoxy groups -OCH3 is 2. The highest BCUT2D eigenvalue weighted by Gasteiger charge is 2.19. The second-order valence-corrected chi connectivity index (χ2v) is 9.35. The number of anilines is 1. The van der Waals surface area contributed by atoms with Gasteiger partial charge in [-0.15, -0.1) is 22.7 Å². The molecule has 0 bridgehead atoms. The number of nitrogens with zero attached hydrogens (tertiary/aromatic N) is 3. The summed E-state index contributed by atoms with van der Waals surface area (Å²) in [6.07, 6.45) is 2.47. The van der Waals surface area contributed by atoms with Gasteiger partial charge in [-0.2, -0.15) is 0 Å². The monoisotopic (exact) mass is 458 g/mol. The Hall–Kier alpha value is -2.49. The van der Waals surface area contributed by atoms with Crippen molar-refractivity contribution in [1.82, 2.24) is 14.9 Å². The molecule has 1 amide bonds.